The largest absolute Gasteiger partial charge is 0.497 e. The maximum absolute atomic E-state index is 11.6. The molecule has 1 aromatic carbocycles. The minimum Gasteiger partial charge on any atom is -0.497 e. The standard InChI is InChI=1S/C14H18O3/c1-9-13(4-5-14(9)15)10-6-11(16-2)8-12(7-10)17-3/h6-9,13H,4-5H2,1-3H3. The van der Waals surface area contributed by atoms with Crippen LogP contribution in [0.2, 0.25) is 0 Å². The van der Waals surface area contributed by atoms with Crippen LogP contribution in [-0.4, -0.2) is 20.0 Å². The van der Waals surface area contributed by atoms with Crippen molar-refractivity contribution in [3.05, 3.63) is 23.8 Å². The van der Waals surface area contributed by atoms with E-state index in [9.17, 15) is 4.79 Å². The zero-order valence-corrected chi connectivity index (χ0v) is 10.5. The molecule has 1 aliphatic carbocycles. The van der Waals surface area contributed by atoms with Gasteiger partial charge in [-0.2, -0.15) is 0 Å². The molecule has 1 fully saturated rings. The van der Waals surface area contributed by atoms with Gasteiger partial charge in [0, 0.05) is 18.4 Å². The molecule has 0 aromatic heterocycles. The van der Waals surface area contributed by atoms with Gasteiger partial charge in [0.1, 0.15) is 17.3 Å². The van der Waals surface area contributed by atoms with Crippen LogP contribution in [0.25, 0.3) is 0 Å². The molecule has 2 rings (SSSR count). The molecule has 0 radical (unpaired) electrons. The van der Waals surface area contributed by atoms with Crippen molar-refractivity contribution in [1.82, 2.24) is 0 Å². The number of hydrogen-bond acceptors (Lipinski definition) is 3. The molecule has 17 heavy (non-hydrogen) atoms. The Morgan fingerprint density at radius 1 is 1.12 bits per heavy atom. The van der Waals surface area contributed by atoms with Crippen molar-refractivity contribution in [2.24, 2.45) is 5.92 Å². The zero-order chi connectivity index (χ0) is 12.4. The number of benzene rings is 1. The first kappa shape index (κ1) is 12.0. The topological polar surface area (TPSA) is 35.5 Å². The molecular formula is C14H18O3. The van der Waals surface area contributed by atoms with Gasteiger partial charge in [-0.3, -0.25) is 4.79 Å². The molecule has 92 valence electrons. The number of methoxy groups -OCH3 is 2. The fourth-order valence-corrected chi connectivity index (χ4v) is 2.50. The molecule has 0 saturated heterocycles. The van der Waals surface area contributed by atoms with Crippen LogP contribution >= 0.6 is 0 Å². The van der Waals surface area contributed by atoms with Crippen LogP contribution in [0.3, 0.4) is 0 Å². The van der Waals surface area contributed by atoms with E-state index in [2.05, 4.69) is 0 Å². The van der Waals surface area contributed by atoms with Gasteiger partial charge in [-0.05, 0) is 30.0 Å². The van der Waals surface area contributed by atoms with Crippen molar-refractivity contribution in [2.45, 2.75) is 25.7 Å². The molecule has 0 amide bonds. The second kappa shape index (κ2) is 4.78. The number of ketones is 1. The lowest BCUT2D eigenvalue weighted by atomic mass is 9.89. The SMILES string of the molecule is COc1cc(OC)cc(C2CCC(=O)C2C)c1. The van der Waals surface area contributed by atoms with E-state index in [4.69, 9.17) is 9.47 Å². The third-order valence-corrected chi connectivity index (χ3v) is 3.62. The van der Waals surface area contributed by atoms with Crippen molar-refractivity contribution in [2.75, 3.05) is 14.2 Å². The molecular weight excluding hydrogens is 216 g/mol. The van der Waals surface area contributed by atoms with Gasteiger partial charge in [-0.25, -0.2) is 0 Å². The maximum atomic E-state index is 11.6. The highest BCUT2D eigenvalue weighted by Crippen LogP contribution is 2.39. The fraction of sp³-hybridized carbons (Fsp3) is 0.500. The Balaban J connectivity index is 2.34. The summed E-state index contributed by atoms with van der Waals surface area (Å²) in [5.74, 6) is 2.33. The second-order valence-electron chi connectivity index (χ2n) is 4.55. The molecule has 0 N–H and O–H groups in total. The van der Waals surface area contributed by atoms with E-state index in [1.165, 1.54) is 0 Å². The van der Waals surface area contributed by atoms with Crippen molar-refractivity contribution in [3.8, 4) is 11.5 Å². The Kier molecular flexibility index (Phi) is 3.36. The van der Waals surface area contributed by atoms with Crippen molar-refractivity contribution in [1.29, 1.82) is 0 Å². The summed E-state index contributed by atoms with van der Waals surface area (Å²) in [5, 5.41) is 0. The average Bonchev–Trinajstić information content (AvgIpc) is 2.69. The van der Waals surface area contributed by atoms with Crippen molar-refractivity contribution in [3.63, 3.8) is 0 Å². The highest BCUT2D eigenvalue weighted by Gasteiger charge is 2.32. The van der Waals surface area contributed by atoms with Crippen molar-refractivity contribution < 1.29 is 14.3 Å². The average molecular weight is 234 g/mol. The molecule has 0 spiro atoms. The maximum Gasteiger partial charge on any atom is 0.136 e. The number of hydrogen-bond donors (Lipinski definition) is 0. The first-order valence-electron chi connectivity index (χ1n) is 5.91. The molecule has 1 aliphatic rings. The lowest BCUT2D eigenvalue weighted by molar-refractivity contribution is -0.120. The van der Waals surface area contributed by atoms with Gasteiger partial charge in [-0.1, -0.05) is 6.92 Å². The summed E-state index contributed by atoms with van der Waals surface area (Å²) in [6, 6.07) is 5.86. The van der Waals surface area contributed by atoms with Crippen LogP contribution in [0.4, 0.5) is 0 Å². The lowest BCUT2D eigenvalue weighted by Crippen LogP contribution is -2.09. The fourth-order valence-electron chi connectivity index (χ4n) is 2.50. The summed E-state index contributed by atoms with van der Waals surface area (Å²) in [6.45, 7) is 2.01. The van der Waals surface area contributed by atoms with Crippen LogP contribution in [0.5, 0.6) is 11.5 Å². The van der Waals surface area contributed by atoms with Crippen LogP contribution < -0.4 is 9.47 Å². The molecule has 0 aliphatic heterocycles. The Hall–Kier alpha value is -1.51. The highest BCUT2D eigenvalue weighted by atomic mass is 16.5. The van der Waals surface area contributed by atoms with Gasteiger partial charge >= 0.3 is 0 Å². The van der Waals surface area contributed by atoms with E-state index in [1.54, 1.807) is 14.2 Å². The summed E-state index contributed by atoms with van der Waals surface area (Å²) in [5.41, 5.74) is 1.14. The highest BCUT2D eigenvalue weighted by molar-refractivity contribution is 5.84. The van der Waals surface area contributed by atoms with E-state index in [1.807, 2.05) is 25.1 Å². The normalized spacial score (nSPS) is 23.8. The number of Topliss-reactive ketones (excluding diaryl/α,β-unsaturated/α-hetero) is 1. The van der Waals surface area contributed by atoms with Crippen molar-refractivity contribution >= 4 is 5.78 Å². The Bertz CT molecular complexity index is 403. The Morgan fingerprint density at radius 2 is 1.71 bits per heavy atom. The van der Waals surface area contributed by atoms with Crippen LogP contribution in [0.1, 0.15) is 31.2 Å². The van der Waals surface area contributed by atoms with Gasteiger partial charge < -0.3 is 9.47 Å². The van der Waals surface area contributed by atoms with Gasteiger partial charge in [0.05, 0.1) is 14.2 Å². The zero-order valence-electron chi connectivity index (χ0n) is 10.5. The minimum atomic E-state index is 0.104. The predicted molar refractivity (Wildman–Crippen MR) is 65.7 cm³/mol. The summed E-state index contributed by atoms with van der Waals surface area (Å²) < 4.78 is 10.5. The van der Waals surface area contributed by atoms with Gasteiger partial charge in [-0.15, -0.1) is 0 Å². The van der Waals surface area contributed by atoms with Gasteiger partial charge in [0.25, 0.3) is 0 Å². The third-order valence-electron chi connectivity index (χ3n) is 3.62. The van der Waals surface area contributed by atoms with E-state index < -0.39 is 0 Å². The predicted octanol–water partition coefficient (Wildman–Crippen LogP) is 2.79. The second-order valence-corrected chi connectivity index (χ2v) is 4.55. The van der Waals surface area contributed by atoms with Crippen LogP contribution in [0, 0.1) is 5.92 Å². The summed E-state index contributed by atoms with van der Waals surface area (Å²) in [7, 11) is 3.28. The van der Waals surface area contributed by atoms with Gasteiger partial charge in [0.15, 0.2) is 0 Å². The molecule has 1 aromatic rings. The van der Waals surface area contributed by atoms with E-state index >= 15 is 0 Å². The monoisotopic (exact) mass is 234 g/mol. The van der Waals surface area contributed by atoms with E-state index in [0.717, 1.165) is 23.5 Å². The van der Waals surface area contributed by atoms with Crippen LogP contribution in [-0.2, 0) is 4.79 Å². The first-order chi connectivity index (χ1) is 8.15. The molecule has 3 heteroatoms. The lowest BCUT2D eigenvalue weighted by Gasteiger charge is -2.16. The van der Waals surface area contributed by atoms with Crippen LogP contribution in [0.15, 0.2) is 18.2 Å². The molecule has 2 unspecified atom stereocenters. The molecule has 3 nitrogen and oxygen atoms in total. The summed E-state index contributed by atoms with van der Waals surface area (Å²) in [4.78, 5) is 11.6. The quantitative estimate of drug-likeness (QED) is 0.806. The molecule has 0 bridgehead atoms. The van der Waals surface area contributed by atoms with Gasteiger partial charge in [0.2, 0.25) is 0 Å². The summed E-state index contributed by atoms with van der Waals surface area (Å²) in [6.07, 6.45) is 1.61. The molecule has 0 heterocycles. The Labute approximate surface area is 102 Å². The van der Waals surface area contributed by atoms with E-state index in [0.29, 0.717) is 18.1 Å². The Morgan fingerprint density at radius 3 is 2.12 bits per heavy atom. The number of carbonyl (C=O) groups excluding carboxylic acids is 1. The smallest absolute Gasteiger partial charge is 0.136 e. The minimum absolute atomic E-state index is 0.104. The number of ether oxygens (including phenoxy) is 2. The molecule has 1 saturated carbocycles. The molecule has 2 atom stereocenters. The third kappa shape index (κ3) is 2.28. The number of carbonyl (C=O) groups is 1. The van der Waals surface area contributed by atoms with E-state index in [-0.39, 0.29) is 5.92 Å². The number of rotatable bonds is 3. The first-order valence-corrected chi connectivity index (χ1v) is 5.91. The summed E-state index contributed by atoms with van der Waals surface area (Å²) >= 11 is 0.